The normalized spacial score (nSPS) is 23.5. The standard InChI is InChI=1S/C26H24FN3O5/c1-32-21-8-14(13-2-5-15(28)6-3-13)4-7-16(21)24-17(27)9-18-19(30-24)10-23(29-18)35-22-12-34-25-20(31)11-33-26(22)25/h2-10,20,22,25-26,29,31H,11-12,28H2,1H3/t20-,22-,25?,26-/m1/s1. The highest BCUT2D eigenvalue weighted by Gasteiger charge is 2.48. The second-order valence-electron chi connectivity index (χ2n) is 8.74. The molecule has 180 valence electrons. The number of halogens is 1. The number of anilines is 1. The average molecular weight is 477 g/mol. The van der Waals surface area contributed by atoms with Crippen LogP contribution in [0.5, 0.6) is 11.6 Å². The van der Waals surface area contributed by atoms with Gasteiger partial charge in [0.15, 0.2) is 17.8 Å². The second kappa shape index (κ2) is 8.53. The molecule has 2 aromatic heterocycles. The van der Waals surface area contributed by atoms with Crippen molar-refractivity contribution in [3.63, 3.8) is 0 Å². The molecule has 2 aromatic carbocycles. The van der Waals surface area contributed by atoms with Crippen LogP contribution in [-0.4, -0.2) is 59.8 Å². The van der Waals surface area contributed by atoms with E-state index in [0.717, 1.165) is 11.1 Å². The third-order valence-corrected chi connectivity index (χ3v) is 6.49. The van der Waals surface area contributed by atoms with Gasteiger partial charge in [-0.1, -0.05) is 18.2 Å². The van der Waals surface area contributed by atoms with E-state index in [1.54, 1.807) is 19.2 Å². The molecule has 4 atom stereocenters. The predicted molar refractivity (Wildman–Crippen MR) is 128 cm³/mol. The van der Waals surface area contributed by atoms with Gasteiger partial charge in [0.25, 0.3) is 0 Å². The zero-order chi connectivity index (χ0) is 24.1. The Morgan fingerprint density at radius 1 is 1.03 bits per heavy atom. The number of ether oxygens (including phenoxy) is 4. The maximum Gasteiger partial charge on any atom is 0.193 e. The molecular formula is C26H24FN3O5. The Morgan fingerprint density at radius 3 is 2.60 bits per heavy atom. The minimum Gasteiger partial charge on any atom is -0.496 e. The Balaban J connectivity index is 1.30. The van der Waals surface area contributed by atoms with Gasteiger partial charge < -0.3 is 34.8 Å². The smallest absolute Gasteiger partial charge is 0.193 e. The number of aromatic amines is 1. The lowest BCUT2D eigenvalue weighted by molar-refractivity contribution is 0.00794. The minimum atomic E-state index is -0.656. The van der Waals surface area contributed by atoms with Crippen molar-refractivity contribution in [2.75, 3.05) is 26.1 Å². The highest BCUT2D eigenvalue weighted by Crippen LogP contribution is 2.37. The summed E-state index contributed by atoms with van der Waals surface area (Å²) in [4.78, 5) is 7.61. The van der Waals surface area contributed by atoms with Crippen LogP contribution in [0.1, 0.15) is 0 Å². The lowest BCUT2D eigenvalue weighted by Gasteiger charge is -2.16. The Kier molecular flexibility index (Phi) is 5.32. The molecule has 4 aromatic rings. The zero-order valence-electron chi connectivity index (χ0n) is 18.9. The largest absolute Gasteiger partial charge is 0.496 e. The molecule has 2 saturated heterocycles. The number of H-pyrrole nitrogens is 1. The van der Waals surface area contributed by atoms with E-state index < -0.39 is 18.0 Å². The first kappa shape index (κ1) is 21.8. The summed E-state index contributed by atoms with van der Waals surface area (Å²) in [5.74, 6) is 0.438. The summed E-state index contributed by atoms with van der Waals surface area (Å²) in [7, 11) is 1.54. The SMILES string of the molecule is COc1cc(-c2ccc(N)cc2)ccc1-c1nc2cc(O[C@@H]3COC4[C@H](O)CO[C@@H]43)[nH]c2cc1F. The van der Waals surface area contributed by atoms with Crippen molar-refractivity contribution >= 4 is 16.7 Å². The summed E-state index contributed by atoms with van der Waals surface area (Å²) < 4.78 is 38.0. The Hall–Kier alpha value is -3.66. The highest BCUT2D eigenvalue weighted by molar-refractivity contribution is 5.83. The van der Waals surface area contributed by atoms with E-state index >= 15 is 4.39 Å². The van der Waals surface area contributed by atoms with Gasteiger partial charge in [0, 0.05) is 23.4 Å². The number of nitrogen functional groups attached to an aromatic ring is 1. The molecule has 2 aliphatic heterocycles. The Labute approximate surface area is 200 Å². The number of nitrogens with two attached hydrogens (primary N) is 1. The summed E-state index contributed by atoms with van der Waals surface area (Å²) in [5.41, 5.74) is 10.1. The number of nitrogens with zero attached hydrogens (tertiary/aromatic N) is 1. The number of rotatable bonds is 5. The Morgan fingerprint density at radius 2 is 1.80 bits per heavy atom. The molecule has 4 heterocycles. The molecule has 35 heavy (non-hydrogen) atoms. The van der Waals surface area contributed by atoms with Crippen LogP contribution >= 0.6 is 0 Å². The predicted octanol–water partition coefficient (Wildman–Crippen LogP) is 3.53. The zero-order valence-corrected chi connectivity index (χ0v) is 18.9. The van der Waals surface area contributed by atoms with Crippen molar-refractivity contribution in [2.45, 2.75) is 24.4 Å². The van der Waals surface area contributed by atoms with Crippen molar-refractivity contribution < 1.29 is 28.4 Å². The van der Waals surface area contributed by atoms with Crippen molar-refractivity contribution in [1.82, 2.24) is 9.97 Å². The van der Waals surface area contributed by atoms with Crippen LogP contribution in [0.2, 0.25) is 0 Å². The number of hydrogen-bond acceptors (Lipinski definition) is 7. The van der Waals surface area contributed by atoms with Crippen LogP contribution < -0.4 is 15.2 Å². The maximum absolute atomic E-state index is 15.2. The summed E-state index contributed by atoms with van der Waals surface area (Å²) in [6.45, 7) is 0.517. The van der Waals surface area contributed by atoms with Crippen molar-refractivity contribution in [1.29, 1.82) is 0 Å². The second-order valence-corrected chi connectivity index (χ2v) is 8.74. The number of methoxy groups -OCH3 is 1. The van der Waals surface area contributed by atoms with E-state index in [9.17, 15) is 5.11 Å². The number of benzene rings is 2. The number of fused-ring (bicyclic) bond motifs is 2. The van der Waals surface area contributed by atoms with Gasteiger partial charge in [0.1, 0.15) is 29.8 Å². The molecule has 0 saturated carbocycles. The number of aliphatic hydroxyl groups is 1. The van der Waals surface area contributed by atoms with Gasteiger partial charge in [-0.3, -0.25) is 0 Å². The Bertz CT molecular complexity index is 1390. The summed E-state index contributed by atoms with van der Waals surface area (Å²) >= 11 is 0. The third-order valence-electron chi connectivity index (χ3n) is 6.49. The first-order valence-electron chi connectivity index (χ1n) is 11.3. The van der Waals surface area contributed by atoms with E-state index in [1.165, 1.54) is 6.07 Å². The van der Waals surface area contributed by atoms with Crippen molar-refractivity contribution in [3.05, 3.63) is 60.4 Å². The molecule has 9 heteroatoms. The minimum absolute atomic E-state index is 0.176. The van der Waals surface area contributed by atoms with Crippen LogP contribution in [0, 0.1) is 5.82 Å². The van der Waals surface area contributed by atoms with Gasteiger partial charge in [-0.2, -0.15) is 0 Å². The third kappa shape index (κ3) is 3.87. The molecule has 0 radical (unpaired) electrons. The average Bonchev–Trinajstić information content (AvgIpc) is 3.55. The van der Waals surface area contributed by atoms with E-state index in [1.807, 2.05) is 36.4 Å². The molecule has 2 aliphatic rings. The molecular weight excluding hydrogens is 453 g/mol. The lowest BCUT2D eigenvalue weighted by atomic mass is 10.0. The van der Waals surface area contributed by atoms with Crippen LogP contribution in [-0.2, 0) is 9.47 Å². The molecule has 0 aliphatic carbocycles. The molecule has 2 fully saturated rings. The van der Waals surface area contributed by atoms with Crippen LogP contribution in [0.25, 0.3) is 33.4 Å². The van der Waals surface area contributed by atoms with Gasteiger partial charge in [-0.25, -0.2) is 9.37 Å². The topological polar surface area (TPSA) is 112 Å². The molecule has 0 bridgehead atoms. The van der Waals surface area contributed by atoms with Crippen molar-refractivity contribution in [3.8, 4) is 34.0 Å². The summed E-state index contributed by atoms with van der Waals surface area (Å²) in [6.07, 6.45) is -1.78. The lowest BCUT2D eigenvalue weighted by Crippen LogP contribution is -2.34. The highest BCUT2D eigenvalue weighted by atomic mass is 19.1. The molecule has 0 spiro atoms. The first-order valence-corrected chi connectivity index (χ1v) is 11.3. The number of aliphatic hydroxyl groups excluding tert-OH is 1. The fourth-order valence-corrected chi connectivity index (χ4v) is 4.71. The first-order chi connectivity index (χ1) is 17.0. The van der Waals surface area contributed by atoms with Gasteiger partial charge in [0.05, 0.1) is 31.4 Å². The number of nitrogens with one attached hydrogen (secondary N) is 1. The van der Waals surface area contributed by atoms with Crippen LogP contribution in [0.3, 0.4) is 0 Å². The fourth-order valence-electron chi connectivity index (χ4n) is 4.71. The van der Waals surface area contributed by atoms with Gasteiger partial charge >= 0.3 is 0 Å². The van der Waals surface area contributed by atoms with Crippen molar-refractivity contribution in [2.24, 2.45) is 0 Å². The fraction of sp³-hybridized carbons (Fsp3) is 0.269. The molecule has 4 N–H and O–H groups in total. The number of aromatic nitrogens is 2. The number of hydrogen-bond donors (Lipinski definition) is 3. The van der Waals surface area contributed by atoms with Gasteiger partial charge in [-0.15, -0.1) is 0 Å². The molecule has 6 rings (SSSR count). The molecule has 0 amide bonds. The van der Waals surface area contributed by atoms with Gasteiger partial charge in [-0.05, 0) is 35.4 Å². The molecule has 8 nitrogen and oxygen atoms in total. The van der Waals surface area contributed by atoms with E-state index in [4.69, 9.17) is 24.7 Å². The summed E-state index contributed by atoms with van der Waals surface area (Å²) in [6, 6.07) is 16.1. The van der Waals surface area contributed by atoms with E-state index in [0.29, 0.717) is 40.5 Å². The van der Waals surface area contributed by atoms with Crippen LogP contribution in [0.4, 0.5) is 10.1 Å². The summed E-state index contributed by atoms with van der Waals surface area (Å²) in [5, 5.41) is 9.92. The van der Waals surface area contributed by atoms with Crippen LogP contribution in [0.15, 0.2) is 54.6 Å². The van der Waals surface area contributed by atoms with Gasteiger partial charge in [0.2, 0.25) is 0 Å². The van der Waals surface area contributed by atoms with E-state index in [-0.39, 0.29) is 24.5 Å². The van der Waals surface area contributed by atoms with E-state index in [2.05, 4.69) is 9.97 Å². The number of pyridine rings is 1. The quantitative estimate of drug-likeness (QED) is 0.377. The maximum atomic E-state index is 15.2. The molecule has 1 unspecified atom stereocenters. The monoisotopic (exact) mass is 477 g/mol.